The van der Waals surface area contributed by atoms with E-state index in [1.54, 1.807) is 7.11 Å². The molecule has 1 aromatic rings. The van der Waals surface area contributed by atoms with Gasteiger partial charge in [0.1, 0.15) is 18.2 Å². The van der Waals surface area contributed by atoms with E-state index in [4.69, 9.17) is 10.5 Å². The Morgan fingerprint density at radius 3 is 3.00 bits per heavy atom. The summed E-state index contributed by atoms with van der Waals surface area (Å²) in [5.41, 5.74) is 5.90. The molecule has 2 N–H and O–H groups in total. The van der Waals surface area contributed by atoms with E-state index in [2.05, 4.69) is 19.8 Å². The fourth-order valence-electron chi connectivity index (χ4n) is 3.27. The maximum Gasteiger partial charge on any atom is 0.158 e. The van der Waals surface area contributed by atoms with Crippen LogP contribution in [0, 0.1) is 0 Å². The van der Waals surface area contributed by atoms with E-state index in [0.717, 1.165) is 18.9 Å². The van der Waals surface area contributed by atoms with Crippen molar-refractivity contribution in [1.29, 1.82) is 0 Å². The van der Waals surface area contributed by atoms with E-state index in [9.17, 15) is 0 Å². The molecular formula is C14H23N5O. The molecule has 110 valence electrons. The van der Waals surface area contributed by atoms with Crippen molar-refractivity contribution < 1.29 is 4.74 Å². The summed E-state index contributed by atoms with van der Waals surface area (Å²) < 4.78 is 5.11. The van der Waals surface area contributed by atoms with Crippen LogP contribution in [0.25, 0.3) is 0 Å². The van der Waals surface area contributed by atoms with Gasteiger partial charge in [0, 0.05) is 38.9 Å². The number of fused-ring (bicyclic) bond motifs is 1. The topological polar surface area (TPSA) is 67.5 Å². The third kappa shape index (κ3) is 2.86. The average Bonchev–Trinajstić information content (AvgIpc) is 2.75. The molecule has 2 aliphatic heterocycles. The number of methoxy groups -OCH3 is 1. The van der Waals surface area contributed by atoms with Crippen molar-refractivity contribution >= 4 is 11.6 Å². The summed E-state index contributed by atoms with van der Waals surface area (Å²) in [6, 6.07) is 2.55. The molecule has 1 unspecified atom stereocenters. The molecular weight excluding hydrogens is 254 g/mol. The molecule has 0 spiro atoms. The third-order valence-corrected chi connectivity index (χ3v) is 4.18. The van der Waals surface area contributed by atoms with Crippen molar-refractivity contribution in [3.63, 3.8) is 0 Å². The molecule has 1 atom stereocenters. The summed E-state index contributed by atoms with van der Waals surface area (Å²) in [5, 5.41) is 0. The zero-order valence-corrected chi connectivity index (χ0v) is 12.1. The maximum atomic E-state index is 5.90. The molecule has 6 nitrogen and oxygen atoms in total. The van der Waals surface area contributed by atoms with Crippen LogP contribution in [-0.4, -0.2) is 54.2 Å². The van der Waals surface area contributed by atoms with Crippen molar-refractivity contribution in [1.82, 2.24) is 14.9 Å². The lowest BCUT2D eigenvalue weighted by Crippen LogP contribution is -2.37. The number of rotatable bonds is 3. The summed E-state index contributed by atoms with van der Waals surface area (Å²) in [5.74, 6) is 2.13. The van der Waals surface area contributed by atoms with E-state index in [0.29, 0.717) is 24.3 Å². The first-order valence-corrected chi connectivity index (χ1v) is 7.37. The SMILES string of the molecule is COCc1nc(N)cc(N2CCCN3CCCC3C2)n1. The lowest BCUT2D eigenvalue weighted by Gasteiger charge is -2.26. The van der Waals surface area contributed by atoms with Crippen LogP contribution in [0.5, 0.6) is 0 Å². The standard InChI is InChI=1S/C14H23N5O/c1-20-10-13-16-12(15)8-14(17-13)19-7-3-6-18-5-2-4-11(18)9-19/h8,11H,2-7,9-10H2,1H3,(H2,15,16,17). The number of anilines is 2. The molecule has 0 aromatic carbocycles. The van der Waals surface area contributed by atoms with Crippen LogP contribution in [0.1, 0.15) is 25.1 Å². The predicted molar refractivity (Wildman–Crippen MR) is 78.6 cm³/mol. The Balaban J connectivity index is 1.80. The maximum absolute atomic E-state index is 5.90. The minimum absolute atomic E-state index is 0.404. The molecule has 2 saturated heterocycles. The molecule has 0 aliphatic carbocycles. The summed E-state index contributed by atoms with van der Waals surface area (Å²) >= 11 is 0. The van der Waals surface area contributed by atoms with Gasteiger partial charge in [-0.25, -0.2) is 9.97 Å². The van der Waals surface area contributed by atoms with Crippen molar-refractivity contribution in [3.05, 3.63) is 11.9 Å². The molecule has 0 saturated carbocycles. The van der Waals surface area contributed by atoms with Crippen molar-refractivity contribution in [3.8, 4) is 0 Å². The van der Waals surface area contributed by atoms with E-state index < -0.39 is 0 Å². The Morgan fingerprint density at radius 2 is 2.15 bits per heavy atom. The minimum atomic E-state index is 0.404. The van der Waals surface area contributed by atoms with Gasteiger partial charge in [0.05, 0.1) is 0 Å². The van der Waals surface area contributed by atoms with Crippen LogP contribution >= 0.6 is 0 Å². The van der Waals surface area contributed by atoms with Crippen LogP contribution in [0.3, 0.4) is 0 Å². The minimum Gasteiger partial charge on any atom is -0.384 e. The van der Waals surface area contributed by atoms with E-state index >= 15 is 0 Å². The predicted octanol–water partition coefficient (Wildman–Crippen LogP) is 0.880. The van der Waals surface area contributed by atoms with Gasteiger partial charge in [-0.2, -0.15) is 0 Å². The summed E-state index contributed by atoms with van der Waals surface area (Å²) in [4.78, 5) is 13.8. The molecule has 0 radical (unpaired) electrons. The number of nitrogens with two attached hydrogens (primary N) is 1. The summed E-state index contributed by atoms with van der Waals surface area (Å²) in [6.07, 6.45) is 3.79. The normalized spacial score (nSPS) is 23.6. The number of hydrogen-bond acceptors (Lipinski definition) is 6. The monoisotopic (exact) mass is 277 g/mol. The van der Waals surface area contributed by atoms with Crippen molar-refractivity contribution in [2.75, 3.05) is 43.9 Å². The fourth-order valence-corrected chi connectivity index (χ4v) is 3.27. The average molecular weight is 277 g/mol. The van der Waals surface area contributed by atoms with Crippen LogP contribution < -0.4 is 10.6 Å². The second-order valence-corrected chi connectivity index (χ2v) is 5.63. The Bertz CT molecular complexity index is 467. The zero-order chi connectivity index (χ0) is 13.9. The van der Waals surface area contributed by atoms with Gasteiger partial charge in [0.15, 0.2) is 5.82 Å². The first kappa shape index (κ1) is 13.6. The lowest BCUT2D eigenvalue weighted by atomic mass is 10.2. The Hall–Kier alpha value is -1.40. The second kappa shape index (κ2) is 5.93. The number of hydrogen-bond donors (Lipinski definition) is 1. The lowest BCUT2D eigenvalue weighted by molar-refractivity contribution is 0.178. The van der Waals surface area contributed by atoms with Gasteiger partial charge in [0.25, 0.3) is 0 Å². The van der Waals surface area contributed by atoms with Gasteiger partial charge in [-0.15, -0.1) is 0 Å². The molecule has 2 fully saturated rings. The second-order valence-electron chi connectivity index (χ2n) is 5.63. The van der Waals surface area contributed by atoms with Gasteiger partial charge in [-0.1, -0.05) is 0 Å². The number of nitrogen functional groups attached to an aromatic ring is 1. The van der Waals surface area contributed by atoms with E-state index in [-0.39, 0.29) is 0 Å². The van der Waals surface area contributed by atoms with Crippen LogP contribution in [0.15, 0.2) is 6.07 Å². The van der Waals surface area contributed by atoms with Crippen LogP contribution in [-0.2, 0) is 11.3 Å². The smallest absolute Gasteiger partial charge is 0.158 e. The number of ether oxygens (including phenoxy) is 1. The van der Waals surface area contributed by atoms with Gasteiger partial charge < -0.3 is 15.4 Å². The van der Waals surface area contributed by atoms with Gasteiger partial charge in [-0.3, -0.25) is 4.90 Å². The van der Waals surface area contributed by atoms with Crippen molar-refractivity contribution in [2.45, 2.75) is 31.9 Å². The molecule has 3 rings (SSSR count). The third-order valence-electron chi connectivity index (χ3n) is 4.18. The first-order valence-electron chi connectivity index (χ1n) is 7.37. The van der Waals surface area contributed by atoms with Crippen molar-refractivity contribution in [2.24, 2.45) is 0 Å². The number of aromatic nitrogens is 2. The highest BCUT2D eigenvalue weighted by Crippen LogP contribution is 2.24. The van der Waals surface area contributed by atoms with Gasteiger partial charge in [-0.05, 0) is 25.8 Å². The zero-order valence-electron chi connectivity index (χ0n) is 12.1. The van der Waals surface area contributed by atoms with Gasteiger partial charge >= 0.3 is 0 Å². The molecule has 0 bridgehead atoms. The van der Waals surface area contributed by atoms with E-state index in [1.807, 2.05) is 6.07 Å². The van der Waals surface area contributed by atoms with Crippen LogP contribution in [0.4, 0.5) is 11.6 Å². The molecule has 20 heavy (non-hydrogen) atoms. The first-order chi connectivity index (χ1) is 9.76. The Morgan fingerprint density at radius 1 is 1.30 bits per heavy atom. The van der Waals surface area contributed by atoms with E-state index in [1.165, 1.54) is 32.4 Å². The number of nitrogens with zero attached hydrogens (tertiary/aromatic N) is 4. The highest BCUT2D eigenvalue weighted by molar-refractivity contribution is 5.47. The summed E-state index contributed by atoms with van der Waals surface area (Å²) in [6.45, 7) is 4.94. The molecule has 1 aromatic heterocycles. The van der Waals surface area contributed by atoms with Gasteiger partial charge in [0.2, 0.25) is 0 Å². The quantitative estimate of drug-likeness (QED) is 0.884. The molecule has 0 amide bonds. The Kier molecular flexibility index (Phi) is 4.03. The molecule has 2 aliphatic rings. The largest absolute Gasteiger partial charge is 0.384 e. The molecule has 3 heterocycles. The molecule has 6 heteroatoms. The highest BCUT2D eigenvalue weighted by Gasteiger charge is 2.29. The summed E-state index contributed by atoms with van der Waals surface area (Å²) in [7, 11) is 1.65. The Labute approximate surface area is 119 Å². The highest BCUT2D eigenvalue weighted by atomic mass is 16.5. The van der Waals surface area contributed by atoms with Crippen LogP contribution in [0.2, 0.25) is 0 Å². The fraction of sp³-hybridized carbons (Fsp3) is 0.714.